The third-order valence-electron chi connectivity index (χ3n) is 6.93. The number of carbonyl (C=O) groups excluding carboxylic acids is 4. The number of hydrogen-bond acceptors (Lipinski definition) is 12. The fourth-order valence-electron chi connectivity index (χ4n) is 3.78. The molecule has 0 N–H and O–H groups in total. The lowest BCUT2D eigenvalue weighted by molar-refractivity contribution is -0.384. The van der Waals surface area contributed by atoms with Crippen LogP contribution in [-0.2, 0) is 53.9 Å². The van der Waals surface area contributed by atoms with Crippen LogP contribution in [0.25, 0.3) is 0 Å². The number of rotatable bonds is 8. The van der Waals surface area contributed by atoms with Crippen molar-refractivity contribution in [2.45, 2.75) is 96.8 Å². The number of benzene rings is 1. The molecule has 1 aromatic carbocycles. The van der Waals surface area contributed by atoms with Crippen LogP contribution in [0, 0.1) is 22.0 Å². The topological polar surface area (TPSA) is 167 Å². The van der Waals surface area contributed by atoms with Crippen LogP contribution in [0.3, 0.4) is 0 Å². The van der Waals surface area contributed by atoms with Gasteiger partial charge in [0.15, 0.2) is 38.8 Å². The number of methoxy groups -OCH3 is 1. The summed E-state index contributed by atoms with van der Waals surface area (Å²) in [4.78, 5) is 59.5. The van der Waals surface area contributed by atoms with Crippen molar-refractivity contribution >= 4 is 37.9 Å². The van der Waals surface area contributed by atoms with Gasteiger partial charge in [0.05, 0.1) is 18.6 Å². The highest BCUT2D eigenvalue weighted by atomic mass is 28.4. The zero-order chi connectivity index (χ0) is 32.0. The average Bonchev–Trinajstić information content (AvgIpc) is 2.87. The molecule has 0 radical (unpaired) electrons. The molecule has 5 atom stereocenters. The van der Waals surface area contributed by atoms with E-state index in [0.717, 1.165) is 27.9 Å². The molecule has 1 heterocycles. The molecule has 0 aliphatic carbocycles. The Morgan fingerprint density at radius 2 is 1.52 bits per heavy atom. The van der Waals surface area contributed by atoms with Gasteiger partial charge < -0.3 is 28.1 Å². The molecule has 14 heteroatoms. The number of esters is 4. The van der Waals surface area contributed by atoms with E-state index in [1.54, 1.807) is 0 Å². The Kier molecular flexibility index (Phi) is 11.4. The van der Waals surface area contributed by atoms with Gasteiger partial charge in [-0.3, -0.25) is 24.5 Å². The predicted molar refractivity (Wildman–Crippen MR) is 149 cm³/mol. The summed E-state index contributed by atoms with van der Waals surface area (Å²) in [6, 6.07) is 4.14. The molecule has 0 saturated carbocycles. The van der Waals surface area contributed by atoms with Gasteiger partial charge in [0.1, 0.15) is 0 Å². The number of nitrogens with zero attached hydrogens (tertiary/aromatic N) is 1. The molecule has 1 aliphatic heterocycles. The fourth-order valence-corrected chi connectivity index (χ4v) is 4.73. The van der Waals surface area contributed by atoms with Crippen LogP contribution in [-0.4, -0.2) is 74.7 Å². The second-order valence-corrected chi connectivity index (χ2v) is 15.9. The first-order valence-corrected chi connectivity index (χ1v) is 16.0. The number of hydrogen-bond donors (Lipinski definition) is 0. The van der Waals surface area contributed by atoms with Crippen LogP contribution in [0.2, 0.25) is 18.1 Å². The smallest absolute Gasteiger partial charge is 0.339 e. The summed E-state index contributed by atoms with van der Waals surface area (Å²) in [5, 5.41) is 11.4. The summed E-state index contributed by atoms with van der Waals surface area (Å²) in [5.74, 6) is 2.16. The Bertz CT molecular complexity index is 1280. The molecular formula is C28H37NO12Si. The van der Waals surface area contributed by atoms with E-state index in [4.69, 9.17) is 28.1 Å². The lowest BCUT2D eigenvalue weighted by Crippen LogP contribution is -2.63. The largest absolute Gasteiger partial charge is 0.467 e. The van der Waals surface area contributed by atoms with E-state index in [-0.39, 0.29) is 22.9 Å². The number of carbonyl (C=O) groups is 4. The Labute approximate surface area is 245 Å². The van der Waals surface area contributed by atoms with E-state index >= 15 is 0 Å². The molecule has 42 heavy (non-hydrogen) atoms. The summed E-state index contributed by atoms with van der Waals surface area (Å²) in [5.41, 5.74) is 0.557. The van der Waals surface area contributed by atoms with Crippen molar-refractivity contribution in [1.29, 1.82) is 0 Å². The quantitative estimate of drug-likeness (QED) is 0.106. The summed E-state index contributed by atoms with van der Waals surface area (Å²) >= 11 is 0. The van der Waals surface area contributed by atoms with Crippen molar-refractivity contribution in [2.75, 3.05) is 7.11 Å². The maximum Gasteiger partial charge on any atom is 0.339 e. The van der Waals surface area contributed by atoms with Gasteiger partial charge in [-0.1, -0.05) is 32.6 Å². The summed E-state index contributed by atoms with van der Waals surface area (Å²) in [7, 11) is -1.13. The highest BCUT2D eigenvalue weighted by Gasteiger charge is 2.54. The maximum absolute atomic E-state index is 12.7. The van der Waals surface area contributed by atoms with E-state index < -0.39 is 67.6 Å². The SMILES string of the molecule is COC(=O)[C@H]1O[C@@H](C#Cc2cc([N+](=O)[O-])ccc2CO[Si](C)(C)C(C)(C)C)[C@H](OC(C)=O)[C@@H](OC(C)=O)[C@@H]1OC(C)=O. The van der Waals surface area contributed by atoms with Crippen LogP contribution in [0.5, 0.6) is 0 Å². The molecule has 13 nitrogen and oxygen atoms in total. The number of non-ortho nitro benzene ring substituents is 1. The zero-order valence-electron chi connectivity index (χ0n) is 25.2. The molecule has 2 rings (SSSR count). The van der Waals surface area contributed by atoms with E-state index in [2.05, 4.69) is 45.7 Å². The Morgan fingerprint density at radius 1 is 0.976 bits per heavy atom. The van der Waals surface area contributed by atoms with E-state index in [9.17, 15) is 29.3 Å². The first kappa shape index (κ1) is 34.4. The number of nitro groups is 1. The average molecular weight is 608 g/mol. The predicted octanol–water partition coefficient (Wildman–Crippen LogP) is 3.20. The van der Waals surface area contributed by atoms with Crippen molar-refractivity contribution in [1.82, 2.24) is 0 Å². The van der Waals surface area contributed by atoms with Gasteiger partial charge in [-0.2, -0.15) is 0 Å². The molecule has 0 bridgehead atoms. The maximum atomic E-state index is 12.7. The standard InChI is InChI=1S/C28H37NO12Si/c1-16(30)38-23-22(41-26(27(33)36-7)25(40-18(3)32)24(23)39-17(2)31)13-11-19-14-21(29(34)35)12-10-20(19)15-37-42(8,9)28(4,5)6/h10,12,14,22-26H,15H2,1-9H3/t22-,23-,24+,25-,26-/m0/s1. The van der Waals surface area contributed by atoms with Crippen LogP contribution in [0.4, 0.5) is 5.69 Å². The highest BCUT2D eigenvalue weighted by Crippen LogP contribution is 2.37. The van der Waals surface area contributed by atoms with Crippen LogP contribution >= 0.6 is 0 Å². The first-order chi connectivity index (χ1) is 19.4. The molecule has 0 unspecified atom stereocenters. The van der Waals surface area contributed by atoms with Crippen molar-refractivity contribution in [3.8, 4) is 11.8 Å². The fraction of sp³-hybridized carbons (Fsp3) is 0.571. The van der Waals surface area contributed by atoms with Crippen LogP contribution in [0.1, 0.15) is 52.7 Å². The second-order valence-electron chi connectivity index (χ2n) is 11.1. The second kappa shape index (κ2) is 13.9. The van der Waals surface area contributed by atoms with Gasteiger partial charge in [-0.25, -0.2) is 4.79 Å². The van der Waals surface area contributed by atoms with Crippen LogP contribution in [0.15, 0.2) is 18.2 Å². The molecule has 1 saturated heterocycles. The molecule has 0 amide bonds. The monoisotopic (exact) mass is 607 g/mol. The van der Waals surface area contributed by atoms with Crippen molar-refractivity contribution in [3.05, 3.63) is 39.4 Å². The molecule has 0 spiro atoms. The molecular weight excluding hydrogens is 570 g/mol. The van der Waals surface area contributed by atoms with Gasteiger partial charge in [-0.15, -0.1) is 0 Å². The van der Waals surface area contributed by atoms with Gasteiger partial charge in [0.25, 0.3) is 5.69 Å². The molecule has 1 aromatic rings. The minimum absolute atomic E-state index is 0.0973. The number of nitro benzene ring substituents is 1. The lowest BCUT2D eigenvalue weighted by Gasteiger charge is -2.42. The van der Waals surface area contributed by atoms with Crippen molar-refractivity contribution in [2.24, 2.45) is 0 Å². The highest BCUT2D eigenvalue weighted by molar-refractivity contribution is 6.74. The summed E-state index contributed by atoms with van der Waals surface area (Å²) in [6.45, 7) is 13.7. The summed E-state index contributed by atoms with van der Waals surface area (Å²) < 4.78 is 32.9. The van der Waals surface area contributed by atoms with Gasteiger partial charge in [0, 0.05) is 38.5 Å². The minimum atomic E-state index is -2.21. The Balaban J connectivity index is 2.65. The van der Waals surface area contributed by atoms with E-state index in [0.29, 0.717) is 5.56 Å². The molecule has 1 fully saturated rings. The third-order valence-corrected chi connectivity index (χ3v) is 11.4. The number of ether oxygens (including phenoxy) is 5. The van der Waals surface area contributed by atoms with E-state index in [1.807, 2.05) is 0 Å². The third kappa shape index (κ3) is 8.85. The molecule has 230 valence electrons. The normalized spacial score (nSPS) is 22.2. The molecule has 1 aliphatic rings. The van der Waals surface area contributed by atoms with Crippen molar-refractivity contribution < 1.29 is 52.2 Å². The minimum Gasteiger partial charge on any atom is -0.467 e. The van der Waals surface area contributed by atoms with Crippen LogP contribution < -0.4 is 0 Å². The van der Waals surface area contributed by atoms with Crippen molar-refractivity contribution in [3.63, 3.8) is 0 Å². The Hall–Kier alpha value is -3.80. The van der Waals surface area contributed by atoms with Gasteiger partial charge in [0.2, 0.25) is 0 Å². The van der Waals surface area contributed by atoms with Gasteiger partial charge in [-0.05, 0) is 29.8 Å². The van der Waals surface area contributed by atoms with E-state index in [1.165, 1.54) is 18.2 Å². The van der Waals surface area contributed by atoms with Gasteiger partial charge >= 0.3 is 23.9 Å². The zero-order valence-corrected chi connectivity index (χ0v) is 26.2. The summed E-state index contributed by atoms with van der Waals surface area (Å²) in [6.07, 6.45) is -7.51. The Morgan fingerprint density at radius 3 is 2.02 bits per heavy atom. The molecule has 0 aromatic heterocycles. The lowest BCUT2D eigenvalue weighted by atomic mass is 9.93. The first-order valence-electron chi connectivity index (χ1n) is 13.1.